The Morgan fingerprint density at radius 2 is 1.84 bits per heavy atom. The lowest BCUT2D eigenvalue weighted by atomic mass is 10.1. The summed E-state index contributed by atoms with van der Waals surface area (Å²) in [5.41, 5.74) is 5.21. The molecular formula is C26H30N4O2. The van der Waals surface area contributed by atoms with Crippen molar-refractivity contribution in [1.29, 1.82) is 5.26 Å². The number of anilines is 1. The second-order valence-corrected chi connectivity index (χ2v) is 9.08. The van der Waals surface area contributed by atoms with Crippen molar-refractivity contribution in [2.75, 3.05) is 38.6 Å². The summed E-state index contributed by atoms with van der Waals surface area (Å²) in [6.45, 7) is 2.25. The van der Waals surface area contributed by atoms with Gasteiger partial charge >= 0.3 is 0 Å². The smallest absolute Gasteiger partial charge is 0.228 e. The number of hydrogen-bond acceptors (Lipinski definition) is 4. The van der Waals surface area contributed by atoms with Crippen molar-refractivity contribution in [2.45, 2.75) is 32.2 Å². The predicted molar refractivity (Wildman–Crippen MR) is 124 cm³/mol. The number of carbonyl (C=O) groups is 2. The molecular weight excluding hydrogens is 400 g/mol. The largest absolute Gasteiger partial charge is 0.337 e. The number of nitrogens with zero attached hydrogens (tertiary/aromatic N) is 4. The molecule has 166 valence electrons. The van der Waals surface area contributed by atoms with Gasteiger partial charge in [-0.25, -0.2) is 0 Å². The van der Waals surface area contributed by atoms with Crippen molar-refractivity contribution in [3.05, 3.63) is 64.7 Å². The first kappa shape index (κ1) is 22.0. The second kappa shape index (κ2) is 9.54. The summed E-state index contributed by atoms with van der Waals surface area (Å²) >= 11 is 0. The molecule has 1 saturated heterocycles. The highest BCUT2D eigenvalue weighted by atomic mass is 16.2. The standard InChI is InChI=1S/C26H30N4O2/c1-28(2)12-13-29(17-20-8-6-19(16-27)7-9-20)26(32)23-15-25(31)30(18-23)24-11-10-21-4-3-5-22(21)14-24/h6-11,14,23H,3-5,12-13,15,17-18H2,1-2H3. The lowest BCUT2D eigenvalue weighted by Crippen LogP contribution is -2.40. The van der Waals surface area contributed by atoms with Crippen LogP contribution in [0.3, 0.4) is 0 Å². The van der Waals surface area contributed by atoms with Crippen molar-refractivity contribution in [1.82, 2.24) is 9.80 Å². The van der Waals surface area contributed by atoms with Gasteiger partial charge in [0.1, 0.15) is 0 Å². The third-order valence-corrected chi connectivity index (χ3v) is 6.45. The molecule has 4 rings (SSSR count). The van der Waals surface area contributed by atoms with Crippen LogP contribution in [0.25, 0.3) is 0 Å². The number of hydrogen-bond donors (Lipinski definition) is 0. The van der Waals surface area contributed by atoms with Gasteiger partial charge in [-0.1, -0.05) is 18.2 Å². The molecule has 0 radical (unpaired) electrons. The van der Waals surface area contributed by atoms with E-state index in [9.17, 15) is 9.59 Å². The Bertz CT molecular complexity index is 1040. The molecule has 2 aromatic rings. The number of amides is 2. The number of nitriles is 1. The maximum Gasteiger partial charge on any atom is 0.228 e. The number of benzene rings is 2. The molecule has 1 fully saturated rings. The van der Waals surface area contributed by atoms with Gasteiger partial charge in [0.2, 0.25) is 11.8 Å². The predicted octanol–water partition coefficient (Wildman–Crippen LogP) is 2.99. The average Bonchev–Trinajstić information content (AvgIpc) is 3.42. The van der Waals surface area contributed by atoms with Crippen LogP contribution in [0, 0.1) is 17.2 Å². The zero-order valence-electron chi connectivity index (χ0n) is 18.9. The number of carbonyl (C=O) groups excluding carboxylic acids is 2. The van der Waals surface area contributed by atoms with Gasteiger partial charge in [-0.15, -0.1) is 0 Å². The van der Waals surface area contributed by atoms with Crippen LogP contribution in [0.15, 0.2) is 42.5 Å². The summed E-state index contributed by atoms with van der Waals surface area (Å²) < 4.78 is 0. The van der Waals surface area contributed by atoms with Gasteiger partial charge in [0.25, 0.3) is 0 Å². The molecule has 6 heteroatoms. The van der Waals surface area contributed by atoms with Crippen molar-refractivity contribution in [3.8, 4) is 6.07 Å². The minimum Gasteiger partial charge on any atom is -0.337 e. The van der Waals surface area contributed by atoms with Crippen LogP contribution in [-0.4, -0.2) is 55.3 Å². The minimum atomic E-state index is -0.337. The molecule has 1 unspecified atom stereocenters. The molecule has 32 heavy (non-hydrogen) atoms. The lowest BCUT2D eigenvalue weighted by molar-refractivity contribution is -0.136. The van der Waals surface area contributed by atoms with Gasteiger partial charge in [-0.05, 0) is 74.3 Å². The van der Waals surface area contributed by atoms with Crippen LogP contribution in [-0.2, 0) is 29.0 Å². The maximum atomic E-state index is 13.5. The Kier molecular flexibility index (Phi) is 6.57. The molecule has 6 nitrogen and oxygen atoms in total. The first-order valence-electron chi connectivity index (χ1n) is 11.3. The lowest BCUT2D eigenvalue weighted by Gasteiger charge is -2.27. The van der Waals surface area contributed by atoms with E-state index in [-0.39, 0.29) is 24.2 Å². The third kappa shape index (κ3) is 4.84. The normalized spacial score (nSPS) is 17.5. The maximum absolute atomic E-state index is 13.5. The quantitative estimate of drug-likeness (QED) is 0.677. The minimum absolute atomic E-state index is 0.0206. The van der Waals surface area contributed by atoms with E-state index in [1.807, 2.05) is 37.2 Å². The van der Waals surface area contributed by atoms with Crippen LogP contribution >= 0.6 is 0 Å². The van der Waals surface area contributed by atoms with E-state index in [1.54, 1.807) is 17.0 Å². The Balaban J connectivity index is 1.48. The Hall–Kier alpha value is -3.17. The van der Waals surface area contributed by atoms with Crippen molar-refractivity contribution in [3.63, 3.8) is 0 Å². The summed E-state index contributed by atoms with van der Waals surface area (Å²) in [7, 11) is 3.97. The second-order valence-electron chi connectivity index (χ2n) is 9.08. The Morgan fingerprint density at radius 3 is 2.56 bits per heavy atom. The summed E-state index contributed by atoms with van der Waals surface area (Å²) in [6, 6.07) is 15.8. The molecule has 2 amide bonds. The first-order chi connectivity index (χ1) is 15.4. The van der Waals surface area contributed by atoms with Crippen molar-refractivity contribution >= 4 is 17.5 Å². The van der Waals surface area contributed by atoms with Gasteiger partial charge in [-0.2, -0.15) is 5.26 Å². The zero-order valence-corrected chi connectivity index (χ0v) is 18.9. The van der Waals surface area contributed by atoms with Crippen LogP contribution in [0.4, 0.5) is 5.69 Å². The van der Waals surface area contributed by atoms with E-state index in [4.69, 9.17) is 5.26 Å². The zero-order chi connectivity index (χ0) is 22.7. The fourth-order valence-corrected chi connectivity index (χ4v) is 4.60. The SMILES string of the molecule is CN(C)CCN(Cc1ccc(C#N)cc1)C(=O)C1CC(=O)N(c2ccc3c(c2)CCC3)C1. The van der Waals surface area contributed by atoms with Crippen molar-refractivity contribution < 1.29 is 9.59 Å². The highest BCUT2D eigenvalue weighted by Gasteiger charge is 2.37. The van der Waals surface area contributed by atoms with E-state index in [0.29, 0.717) is 25.2 Å². The fourth-order valence-electron chi connectivity index (χ4n) is 4.60. The van der Waals surface area contributed by atoms with Crippen molar-refractivity contribution in [2.24, 2.45) is 5.92 Å². The van der Waals surface area contributed by atoms with Crippen LogP contribution in [0.2, 0.25) is 0 Å². The van der Waals surface area contributed by atoms with Gasteiger partial charge in [-0.3, -0.25) is 9.59 Å². The van der Waals surface area contributed by atoms with E-state index in [0.717, 1.165) is 30.6 Å². The van der Waals surface area contributed by atoms with E-state index >= 15 is 0 Å². The molecule has 1 aliphatic heterocycles. The third-order valence-electron chi connectivity index (χ3n) is 6.45. The van der Waals surface area contributed by atoms with E-state index < -0.39 is 0 Å². The molecule has 1 heterocycles. The molecule has 0 bridgehead atoms. The Labute approximate surface area is 190 Å². The monoisotopic (exact) mass is 430 g/mol. The van der Waals surface area contributed by atoms with E-state index in [1.165, 1.54) is 17.5 Å². The first-order valence-corrected chi connectivity index (χ1v) is 11.3. The van der Waals surface area contributed by atoms with E-state index in [2.05, 4.69) is 23.1 Å². The molecule has 0 aromatic heterocycles. The van der Waals surface area contributed by atoms with Crippen LogP contribution < -0.4 is 4.90 Å². The van der Waals surface area contributed by atoms with Gasteiger partial charge in [0.05, 0.1) is 17.6 Å². The summed E-state index contributed by atoms with van der Waals surface area (Å²) in [5.74, 6) is -0.295. The summed E-state index contributed by atoms with van der Waals surface area (Å²) in [4.78, 5) is 32.0. The molecule has 2 aromatic carbocycles. The number of rotatable bonds is 7. The van der Waals surface area contributed by atoms with Gasteiger partial charge in [0.15, 0.2) is 0 Å². The van der Waals surface area contributed by atoms with Crippen LogP contribution in [0.5, 0.6) is 0 Å². The highest BCUT2D eigenvalue weighted by molar-refractivity contribution is 6.00. The van der Waals surface area contributed by atoms with Crippen LogP contribution in [0.1, 0.15) is 35.1 Å². The summed E-state index contributed by atoms with van der Waals surface area (Å²) in [5, 5.41) is 9.03. The Morgan fingerprint density at radius 1 is 1.09 bits per heavy atom. The topological polar surface area (TPSA) is 67.6 Å². The molecule has 1 atom stereocenters. The molecule has 1 aliphatic carbocycles. The van der Waals surface area contributed by atoms with Gasteiger partial charge in [0, 0.05) is 38.3 Å². The number of aryl methyl sites for hydroxylation is 2. The highest BCUT2D eigenvalue weighted by Crippen LogP contribution is 2.31. The molecule has 0 saturated carbocycles. The number of fused-ring (bicyclic) bond motifs is 1. The summed E-state index contributed by atoms with van der Waals surface area (Å²) in [6.07, 6.45) is 3.60. The molecule has 2 aliphatic rings. The molecule has 0 spiro atoms. The average molecular weight is 431 g/mol. The molecule has 0 N–H and O–H groups in total. The number of likely N-dealkylation sites (N-methyl/N-ethyl adjacent to an activating group) is 1. The fraction of sp³-hybridized carbons (Fsp3) is 0.423. The van der Waals surface area contributed by atoms with Gasteiger partial charge < -0.3 is 14.7 Å².